The van der Waals surface area contributed by atoms with Crippen LogP contribution in [0.15, 0.2) is 72.9 Å². The molecule has 0 radical (unpaired) electrons. The molecule has 0 aromatic rings. The maximum Gasteiger partial charge on any atom is 0.306 e. The van der Waals surface area contributed by atoms with Crippen LogP contribution < -0.4 is 0 Å². The molecule has 1 saturated heterocycles. The summed E-state index contributed by atoms with van der Waals surface area (Å²) in [5, 5.41) is 40.2. The molecule has 1 heterocycles. The molecule has 1 aliphatic rings. The first-order valence-corrected chi connectivity index (χ1v) is 26.0. The highest BCUT2D eigenvalue weighted by Gasteiger charge is 2.44. The second-order valence-corrected chi connectivity index (χ2v) is 17.6. The van der Waals surface area contributed by atoms with Crippen LogP contribution in [0.2, 0.25) is 0 Å². The van der Waals surface area contributed by atoms with Crippen molar-refractivity contribution in [2.75, 3.05) is 26.4 Å². The van der Waals surface area contributed by atoms with Crippen LogP contribution in [0, 0.1) is 0 Å². The van der Waals surface area contributed by atoms with Gasteiger partial charge < -0.3 is 39.4 Å². The fourth-order valence-electron chi connectivity index (χ4n) is 7.61. The molecule has 0 amide bonds. The van der Waals surface area contributed by atoms with Crippen LogP contribution in [0.5, 0.6) is 0 Å². The van der Waals surface area contributed by atoms with Crippen molar-refractivity contribution in [1.82, 2.24) is 0 Å². The third-order valence-electron chi connectivity index (χ3n) is 11.6. The van der Waals surface area contributed by atoms with E-state index < -0.39 is 43.4 Å². The summed E-state index contributed by atoms with van der Waals surface area (Å²) in [6.45, 7) is 4.24. The topological polar surface area (TPSA) is 135 Å². The van der Waals surface area contributed by atoms with E-state index in [9.17, 15) is 25.2 Å². The van der Waals surface area contributed by atoms with Crippen LogP contribution in [-0.4, -0.2) is 89.6 Å². The largest absolute Gasteiger partial charge is 0.457 e. The smallest absolute Gasteiger partial charge is 0.306 e. The van der Waals surface area contributed by atoms with E-state index in [-0.39, 0.29) is 19.2 Å². The molecule has 0 aliphatic carbocycles. The number of hydrogen-bond donors (Lipinski definition) is 4. The number of hydrogen-bond acceptors (Lipinski definition) is 9. The van der Waals surface area contributed by atoms with Crippen LogP contribution in [0.25, 0.3) is 0 Å². The van der Waals surface area contributed by atoms with Gasteiger partial charge >= 0.3 is 5.97 Å². The van der Waals surface area contributed by atoms with E-state index >= 15 is 0 Å². The van der Waals surface area contributed by atoms with Gasteiger partial charge in [-0.1, -0.05) is 202 Å². The fraction of sp³-hybridized carbons (Fsp3) is 0.764. The average molecular weight is 901 g/mol. The minimum Gasteiger partial charge on any atom is -0.457 e. The monoisotopic (exact) mass is 901 g/mol. The van der Waals surface area contributed by atoms with Crippen molar-refractivity contribution in [1.29, 1.82) is 0 Å². The Bertz CT molecular complexity index is 1210. The van der Waals surface area contributed by atoms with E-state index in [2.05, 4.69) is 86.8 Å². The van der Waals surface area contributed by atoms with Gasteiger partial charge in [-0.25, -0.2) is 0 Å². The molecule has 9 heteroatoms. The first-order valence-electron chi connectivity index (χ1n) is 26.0. The van der Waals surface area contributed by atoms with Gasteiger partial charge in [-0.05, 0) is 70.6 Å². The zero-order valence-corrected chi connectivity index (χ0v) is 40.8. The lowest BCUT2D eigenvalue weighted by atomic mass is 9.99. The molecule has 64 heavy (non-hydrogen) atoms. The minimum atomic E-state index is -1.55. The summed E-state index contributed by atoms with van der Waals surface area (Å²) in [5.74, 6) is -0.339. The van der Waals surface area contributed by atoms with Crippen LogP contribution in [0.4, 0.5) is 0 Å². The van der Waals surface area contributed by atoms with Crippen LogP contribution in [0.1, 0.15) is 206 Å². The Labute approximate surface area is 391 Å². The summed E-state index contributed by atoms with van der Waals surface area (Å²) >= 11 is 0. The predicted octanol–water partition coefficient (Wildman–Crippen LogP) is 12.8. The first kappa shape index (κ1) is 59.6. The standard InChI is InChI=1S/C55H96O9/c1-3-5-7-9-11-13-15-17-19-21-22-23-24-25-26-27-28-29-30-32-34-36-38-40-42-44-51(57)63-49(48-62-55-54(60)53(59)52(58)50(46-56)64-55)47-61-45-43-41-39-37-35-33-31-20-18-16-14-12-10-8-6-4-2/h6,8,12,14,18,20-22,33,35,39,41,49-50,52-56,58-60H,3-5,7,9-11,13,15-17,19,23-32,34,36-38,40,42-48H2,1-2H3/b8-6-,14-12-,20-18-,22-21-,35-33-,41-39-. The molecule has 0 aromatic heterocycles. The molecule has 1 fully saturated rings. The van der Waals surface area contributed by atoms with Gasteiger partial charge in [-0.2, -0.15) is 0 Å². The molecule has 4 N–H and O–H groups in total. The second-order valence-electron chi connectivity index (χ2n) is 17.6. The maximum atomic E-state index is 12.8. The number of carbonyl (C=O) groups is 1. The Morgan fingerprint density at radius 1 is 0.516 bits per heavy atom. The third-order valence-corrected chi connectivity index (χ3v) is 11.6. The van der Waals surface area contributed by atoms with Crippen LogP contribution in [-0.2, 0) is 23.7 Å². The Hall–Kier alpha value is -2.37. The molecule has 370 valence electrons. The van der Waals surface area contributed by atoms with Gasteiger partial charge in [0.1, 0.15) is 30.5 Å². The molecule has 0 bridgehead atoms. The van der Waals surface area contributed by atoms with Crippen molar-refractivity contribution in [2.45, 2.75) is 243 Å². The molecule has 1 aliphatic heterocycles. The second kappa shape index (κ2) is 45.8. The van der Waals surface area contributed by atoms with Gasteiger partial charge in [0.05, 0.1) is 26.4 Å². The van der Waals surface area contributed by atoms with Crippen molar-refractivity contribution >= 4 is 5.97 Å². The Kier molecular flexibility index (Phi) is 42.7. The first-order chi connectivity index (χ1) is 31.4. The van der Waals surface area contributed by atoms with Crippen molar-refractivity contribution in [3.05, 3.63) is 72.9 Å². The number of rotatable bonds is 44. The molecular formula is C55H96O9. The summed E-state index contributed by atoms with van der Waals surface area (Å²) in [6, 6.07) is 0. The summed E-state index contributed by atoms with van der Waals surface area (Å²) in [4.78, 5) is 12.8. The highest BCUT2D eigenvalue weighted by atomic mass is 16.7. The lowest BCUT2D eigenvalue weighted by Crippen LogP contribution is -2.59. The number of aliphatic hydroxyl groups excluding tert-OH is 4. The number of allylic oxidation sites excluding steroid dienone is 11. The lowest BCUT2D eigenvalue weighted by molar-refractivity contribution is -0.305. The van der Waals surface area contributed by atoms with E-state index in [4.69, 9.17) is 18.9 Å². The summed E-state index contributed by atoms with van der Waals surface area (Å²) < 4.78 is 22.8. The zero-order valence-electron chi connectivity index (χ0n) is 40.8. The normalized spacial score (nSPS) is 20.1. The van der Waals surface area contributed by atoms with E-state index in [1.807, 2.05) is 0 Å². The van der Waals surface area contributed by atoms with Gasteiger partial charge in [0.25, 0.3) is 0 Å². The molecule has 0 spiro atoms. The Morgan fingerprint density at radius 2 is 0.953 bits per heavy atom. The number of esters is 1. The summed E-state index contributed by atoms with van der Waals surface area (Å²) in [5.41, 5.74) is 0. The molecule has 9 nitrogen and oxygen atoms in total. The van der Waals surface area contributed by atoms with Gasteiger partial charge in [0, 0.05) is 6.42 Å². The summed E-state index contributed by atoms with van der Waals surface area (Å²) in [7, 11) is 0. The lowest BCUT2D eigenvalue weighted by Gasteiger charge is -2.39. The van der Waals surface area contributed by atoms with Crippen LogP contribution in [0.3, 0.4) is 0 Å². The van der Waals surface area contributed by atoms with Gasteiger partial charge in [0.15, 0.2) is 6.29 Å². The zero-order chi connectivity index (χ0) is 46.4. The highest BCUT2D eigenvalue weighted by Crippen LogP contribution is 2.23. The molecule has 0 aromatic carbocycles. The fourth-order valence-corrected chi connectivity index (χ4v) is 7.61. The number of ether oxygens (including phenoxy) is 4. The average Bonchev–Trinajstić information content (AvgIpc) is 3.30. The predicted molar refractivity (Wildman–Crippen MR) is 265 cm³/mol. The molecule has 1 rings (SSSR count). The summed E-state index contributed by atoms with van der Waals surface area (Å²) in [6.07, 6.45) is 54.0. The van der Waals surface area contributed by atoms with E-state index in [0.717, 1.165) is 51.4 Å². The van der Waals surface area contributed by atoms with Gasteiger partial charge in [0.2, 0.25) is 0 Å². The quantitative estimate of drug-likeness (QED) is 0.0268. The highest BCUT2D eigenvalue weighted by molar-refractivity contribution is 5.69. The van der Waals surface area contributed by atoms with Crippen LogP contribution >= 0.6 is 0 Å². The maximum absolute atomic E-state index is 12.8. The molecular weight excluding hydrogens is 805 g/mol. The van der Waals surface area contributed by atoms with Crippen molar-refractivity contribution in [2.24, 2.45) is 0 Å². The Balaban J connectivity index is 2.21. The van der Waals surface area contributed by atoms with Gasteiger partial charge in [-0.15, -0.1) is 0 Å². The van der Waals surface area contributed by atoms with E-state index in [0.29, 0.717) is 19.4 Å². The third kappa shape index (κ3) is 35.8. The van der Waals surface area contributed by atoms with Crippen molar-refractivity contribution in [3.63, 3.8) is 0 Å². The van der Waals surface area contributed by atoms with E-state index in [1.165, 1.54) is 128 Å². The van der Waals surface area contributed by atoms with Crippen molar-refractivity contribution in [3.8, 4) is 0 Å². The molecule has 0 saturated carbocycles. The van der Waals surface area contributed by atoms with Crippen molar-refractivity contribution < 1.29 is 44.2 Å². The number of aliphatic hydroxyl groups is 4. The Morgan fingerprint density at radius 3 is 1.44 bits per heavy atom. The number of carbonyl (C=O) groups excluding carboxylic acids is 1. The molecule has 6 atom stereocenters. The SMILES string of the molecule is CC/C=C\C/C=C\C/C=C\C/C=C\C/C=C\CCOCC(COC1OC(CO)C(O)C(O)C1O)OC(=O)CCCCCCCCCCCCCCC/C=C\CCCCCCCCCC. The minimum absolute atomic E-state index is 0.0882. The van der Waals surface area contributed by atoms with E-state index in [1.54, 1.807) is 0 Å². The van der Waals surface area contributed by atoms with Gasteiger partial charge in [-0.3, -0.25) is 4.79 Å². The number of unbranched alkanes of at least 4 members (excludes halogenated alkanes) is 21. The molecule has 6 unspecified atom stereocenters.